The lowest BCUT2D eigenvalue weighted by atomic mass is 9.84. The number of ether oxygens (including phenoxy) is 1. The van der Waals surface area contributed by atoms with Crippen molar-refractivity contribution >= 4 is 50.4 Å². The number of carboxylic acids is 1. The number of carboxylic acid groups (broad SMARTS) is 1. The summed E-state index contributed by atoms with van der Waals surface area (Å²) < 4.78 is 60.9. The molecule has 19 nitrogen and oxygen atoms in total. The van der Waals surface area contributed by atoms with Crippen LogP contribution in [0.15, 0.2) is 41.1 Å². The number of aliphatic hydroxyl groups is 1. The van der Waals surface area contributed by atoms with Crippen LogP contribution in [0.4, 0.5) is 9.52 Å². The van der Waals surface area contributed by atoms with E-state index in [0.717, 1.165) is 17.4 Å². The number of oxime groups is 1. The fourth-order valence-electron chi connectivity index (χ4n) is 4.44. The smallest absolute Gasteiger partial charge is 0.351 e. The zero-order chi connectivity index (χ0) is 35.6. The number of carbonyl (C=O) groups excluding carboxylic acids is 2. The molecule has 1 aliphatic heterocycles. The van der Waals surface area contributed by atoms with E-state index in [9.17, 15) is 37.6 Å². The van der Waals surface area contributed by atoms with Crippen LogP contribution >= 0.6 is 11.3 Å². The molecule has 0 aliphatic carbocycles. The SMILES string of the molecule is C[n+]1cc(-c2ccc(OCC(O/N=C(\C(=O)N[C@@H]3C(=O)N(OS(=O)(=O)[O-])C3(C)C)c3csc(N)n3)C(=O)O)cc2F)cn1CC(O)CN. The summed E-state index contributed by atoms with van der Waals surface area (Å²) in [6.07, 6.45) is 0.633. The number of hydrogen-bond acceptors (Lipinski definition) is 15. The fraction of sp³-hybridized carbons (Fsp3) is 0.385. The van der Waals surface area contributed by atoms with Gasteiger partial charge in [0.15, 0.2) is 17.9 Å². The normalized spacial score (nSPS) is 17.4. The molecule has 0 saturated carbocycles. The minimum Gasteiger partial charge on any atom is -0.724 e. The number of nitrogens with two attached hydrogens (primary N) is 2. The number of amides is 2. The van der Waals surface area contributed by atoms with Crippen molar-refractivity contribution in [3.05, 3.63) is 47.5 Å². The van der Waals surface area contributed by atoms with Crippen molar-refractivity contribution in [2.75, 3.05) is 18.9 Å². The van der Waals surface area contributed by atoms with E-state index in [1.165, 1.54) is 31.4 Å². The molecule has 4 rings (SSSR count). The van der Waals surface area contributed by atoms with E-state index in [2.05, 4.69) is 19.7 Å². The summed E-state index contributed by atoms with van der Waals surface area (Å²) in [5.41, 5.74) is 9.55. The Morgan fingerprint density at radius 1 is 1.35 bits per heavy atom. The maximum atomic E-state index is 15.1. The molecular weight excluding hydrogens is 683 g/mol. The molecule has 3 heterocycles. The Morgan fingerprint density at radius 2 is 2.06 bits per heavy atom. The molecule has 2 unspecified atom stereocenters. The van der Waals surface area contributed by atoms with Crippen molar-refractivity contribution in [2.24, 2.45) is 17.9 Å². The molecule has 22 heteroatoms. The Labute approximate surface area is 276 Å². The lowest BCUT2D eigenvalue weighted by Gasteiger charge is -2.51. The van der Waals surface area contributed by atoms with Crippen molar-refractivity contribution < 1.29 is 60.5 Å². The number of aliphatic carboxylic acids is 1. The van der Waals surface area contributed by atoms with Gasteiger partial charge in [0.05, 0.1) is 23.4 Å². The quantitative estimate of drug-likeness (QED) is 0.0291. The van der Waals surface area contributed by atoms with Gasteiger partial charge in [0.2, 0.25) is 16.6 Å². The van der Waals surface area contributed by atoms with Gasteiger partial charge in [0.1, 0.15) is 36.5 Å². The topological polar surface area (TPSA) is 278 Å². The largest absolute Gasteiger partial charge is 0.724 e. The number of carbonyl (C=O) groups is 3. The molecule has 0 bridgehead atoms. The molecule has 0 radical (unpaired) electrons. The number of thiazole rings is 1. The van der Waals surface area contributed by atoms with Crippen molar-refractivity contribution in [3.8, 4) is 16.9 Å². The minimum absolute atomic E-state index is 0.00726. The first-order valence-electron chi connectivity index (χ1n) is 13.8. The molecule has 2 aromatic heterocycles. The van der Waals surface area contributed by atoms with Crippen LogP contribution in [0.25, 0.3) is 11.1 Å². The zero-order valence-electron chi connectivity index (χ0n) is 25.5. The number of nitrogen functional groups attached to an aromatic ring is 1. The van der Waals surface area contributed by atoms with Crippen LogP contribution in [0.5, 0.6) is 5.75 Å². The van der Waals surface area contributed by atoms with Gasteiger partial charge >= 0.3 is 5.97 Å². The van der Waals surface area contributed by atoms with Gasteiger partial charge < -0.3 is 41.1 Å². The molecule has 48 heavy (non-hydrogen) atoms. The summed E-state index contributed by atoms with van der Waals surface area (Å²) in [5.74, 6) is -4.48. The third-order valence-electron chi connectivity index (χ3n) is 6.99. The van der Waals surface area contributed by atoms with Gasteiger partial charge in [-0.1, -0.05) is 5.16 Å². The predicted octanol–water partition coefficient (Wildman–Crippen LogP) is -1.77. The lowest BCUT2D eigenvalue weighted by Crippen LogP contribution is -2.76. The Balaban J connectivity index is 1.47. The maximum absolute atomic E-state index is 15.1. The second kappa shape index (κ2) is 14.2. The number of aromatic nitrogens is 3. The fourth-order valence-corrected chi connectivity index (χ4v) is 5.44. The van der Waals surface area contributed by atoms with E-state index in [1.54, 1.807) is 28.8 Å². The highest BCUT2D eigenvalue weighted by Crippen LogP contribution is 2.33. The highest BCUT2D eigenvalue weighted by molar-refractivity contribution is 7.80. The molecule has 2 amide bonds. The second-order valence-corrected chi connectivity index (χ2v) is 12.7. The third-order valence-corrected chi connectivity index (χ3v) is 7.99. The maximum Gasteiger partial charge on any atom is 0.351 e. The van der Waals surface area contributed by atoms with Crippen LogP contribution in [0, 0.1) is 5.82 Å². The Hall–Kier alpha value is -4.74. The molecule has 1 saturated heterocycles. The monoisotopic (exact) mass is 714 g/mol. The minimum atomic E-state index is -5.30. The summed E-state index contributed by atoms with van der Waals surface area (Å²) in [4.78, 5) is 46.6. The Bertz CT molecular complexity index is 1850. The number of nitrogens with one attached hydrogen (secondary N) is 1. The average molecular weight is 715 g/mol. The molecule has 0 spiro atoms. The number of nitrogens with zero attached hydrogens (tertiary/aromatic N) is 5. The molecule has 3 atom stereocenters. The first kappa shape index (κ1) is 36.1. The molecule has 1 aliphatic rings. The second-order valence-electron chi connectivity index (χ2n) is 10.9. The molecule has 260 valence electrons. The van der Waals surface area contributed by atoms with Gasteiger partial charge in [-0.25, -0.2) is 22.6 Å². The van der Waals surface area contributed by atoms with E-state index in [1.807, 2.05) is 0 Å². The predicted molar refractivity (Wildman–Crippen MR) is 161 cm³/mol. The van der Waals surface area contributed by atoms with E-state index in [0.29, 0.717) is 5.56 Å². The van der Waals surface area contributed by atoms with Crippen LogP contribution in [-0.4, -0.2) is 98.3 Å². The lowest BCUT2D eigenvalue weighted by molar-refractivity contribution is -0.754. The first-order valence-corrected chi connectivity index (χ1v) is 16.0. The highest BCUT2D eigenvalue weighted by atomic mass is 32.3. The van der Waals surface area contributed by atoms with Gasteiger partial charge in [-0.15, -0.1) is 16.0 Å². The summed E-state index contributed by atoms with van der Waals surface area (Å²) in [6, 6.07) is 2.44. The summed E-state index contributed by atoms with van der Waals surface area (Å²) in [7, 11) is -3.59. The number of anilines is 1. The average Bonchev–Trinajstić information content (AvgIpc) is 3.59. The van der Waals surface area contributed by atoms with Crippen LogP contribution in [0.3, 0.4) is 0 Å². The van der Waals surface area contributed by atoms with Crippen molar-refractivity contribution in [1.29, 1.82) is 0 Å². The van der Waals surface area contributed by atoms with Gasteiger partial charge in [0, 0.05) is 23.6 Å². The van der Waals surface area contributed by atoms with Crippen molar-refractivity contribution in [3.63, 3.8) is 0 Å². The molecular formula is C26H31FN8O11S2. The highest BCUT2D eigenvalue weighted by Gasteiger charge is 2.57. The summed E-state index contributed by atoms with van der Waals surface area (Å²) >= 11 is 0.909. The van der Waals surface area contributed by atoms with Gasteiger partial charge in [0.25, 0.3) is 17.9 Å². The van der Waals surface area contributed by atoms with E-state index < -0.39 is 70.1 Å². The molecule has 3 aromatic rings. The number of aliphatic hydroxyl groups excluding tert-OH is 1. The number of halogens is 1. The third kappa shape index (κ3) is 8.21. The van der Waals surface area contributed by atoms with Crippen molar-refractivity contribution in [1.82, 2.24) is 20.0 Å². The first-order chi connectivity index (χ1) is 22.4. The van der Waals surface area contributed by atoms with E-state index in [-0.39, 0.29) is 40.3 Å². The van der Waals surface area contributed by atoms with Crippen LogP contribution < -0.4 is 26.2 Å². The number of β-lactam (4-membered cyclic amide) rings is 1. The Morgan fingerprint density at radius 3 is 2.62 bits per heavy atom. The standard InChI is InChI=1S/C26H31FN8O11S2/c1-26(2)21(23(38)35(26)46-48(41,42)43)31-22(37)20(18-12-47-25(29)30-18)32-45-19(24(39)40)11-44-15-4-5-16(17(27)6-15)13-8-33(3)34(9-13)10-14(36)7-28/h4-6,8-9,12,14,19,21,36H,7,10-11,28H2,1-3H3,(H4-,29,30,31,37,39,40,41,42,43)/b32-20-/t14?,19?,21-/m1/s1. The van der Waals surface area contributed by atoms with Crippen LogP contribution in [0.1, 0.15) is 19.5 Å². The molecule has 7 N–H and O–H groups in total. The zero-order valence-corrected chi connectivity index (χ0v) is 27.1. The number of hydrogen-bond donors (Lipinski definition) is 5. The number of benzene rings is 1. The van der Waals surface area contributed by atoms with Crippen molar-refractivity contribution in [2.45, 2.75) is 44.2 Å². The van der Waals surface area contributed by atoms with Gasteiger partial charge in [-0.05, 0) is 26.0 Å². The summed E-state index contributed by atoms with van der Waals surface area (Å²) in [5, 5.41) is 27.1. The van der Waals surface area contributed by atoms with Gasteiger partial charge in [-0.2, -0.15) is 14.0 Å². The van der Waals surface area contributed by atoms with E-state index in [4.69, 9.17) is 21.0 Å². The van der Waals surface area contributed by atoms with Crippen LogP contribution in [0.2, 0.25) is 0 Å². The molecule has 1 fully saturated rings. The van der Waals surface area contributed by atoms with E-state index >= 15 is 4.39 Å². The Kier molecular flexibility index (Phi) is 10.7. The molecule has 1 aromatic carbocycles. The number of aryl methyl sites for hydroxylation is 1. The number of rotatable bonds is 15. The summed E-state index contributed by atoms with van der Waals surface area (Å²) in [6.45, 7) is 2.14. The van der Waals surface area contributed by atoms with Crippen LogP contribution in [-0.2, 0) is 47.5 Å². The number of hydroxylamine groups is 2. The van der Waals surface area contributed by atoms with Gasteiger partial charge in [-0.3, -0.25) is 9.59 Å².